The summed E-state index contributed by atoms with van der Waals surface area (Å²) in [7, 11) is 0. The van der Waals surface area contributed by atoms with Crippen LogP contribution in [0.15, 0.2) is 40.0 Å². The highest BCUT2D eigenvalue weighted by molar-refractivity contribution is 9.10. The van der Waals surface area contributed by atoms with Crippen molar-refractivity contribution in [2.75, 3.05) is 13.1 Å². The molecule has 1 aromatic rings. The van der Waals surface area contributed by atoms with Gasteiger partial charge in [0, 0.05) is 29.2 Å². The zero-order valence-corrected chi connectivity index (χ0v) is 11.7. The largest absolute Gasteiger partial charge is 0.362 e. The van der Waals surface area contributed by atoms with Gasteiger partial charge < -0.3 is 4.90 Å². The molecular weight excluding hydrogens is 302 g/mol. The molecule has 0 atom stereocenters. The molecular formula is C13H13BrClNO. The Morgan fingerprint density at radius 3 is 2.41 bits per heavy atom. The summed E-state index contributed by atoms with van der Waals surface area (Å²) in [6.07, 6.45) is 3.81. The number of benzene rings is 1. The molecule has 0 spiro atoms. The first-order chi connectivity index (χ1) is 8.16. The molecule has 0 aromatic heterocycles. The molecule has 0 bridgehead atoms. The summed E-state index contributed by atoms with van der Waals surface area (Å²) in [5.41, 5.74) is 0.658. The lowest BCUT2D eigenvalue weighted by atomic mass is 10.1. The van der Waals surface area contributed by atoms with Crippen molar-refractivity contribution in [3.05, 3.63) is 45.5 Å². The number of ketones is 1. The van der Waals surface area contributed by atoms with Crippen LogP contribution in [0, 0.1) is 0 Å². The van der Waals surface area contributed by atoms with Crippen LogP contribution >= 0.6 is 27.5 Å². The fourth-order valence-corrected chi connectivity index (χ4v) is 2.36. The molecule has 1 aliphatic heterocycles. The van der Waals surface area contributed by atoms with Crippen molar-refractivity contribution < 1.29 is 4.79 Å². The maximum Gasteiger partial charge on any atom is 0.188 e. The van der Waals surface area contributed by atoms with Crippen LogP contribution in [-0.4, -0.2) is 23.8 Å². The second-order valence-corrected chi connectivity index (χ2v) is 5.34. The van der Waals surface area contributed by atoms with Gasteiger partial charge in [-0.3, -0.25) is 4.79 Å². The molecule has 1 fully saturated rings. The number of carbonyl (C=O) groups is 1. The summed E-state index contributed by atoms with van der Waals surface area (Å²) in [5, 5.41) is 0.551. The van der Waals surface area contributed by atoms with Crippen LogP contribution < -0.4 is 0 Å². The summed E-state index contributed by atoms with van der Waals surface area (Å²) in [5.74, 6) is -0.0469. The van der Waals surface area contributed by atoms with Crippen LogP contribution in [0.3, 0.4) is 0 Å². The number of rotatable bonds is 3. The number of allylic oxidation sites excluding steroid dienone is 1. The molecule has 1 aliphatic rings. The first kappa shape index (κ1) is 12.7. The second-order valence-electron chi connectivity index (χ2n) is 4.03. The van der Waals surface area contributed by atoms with Gasteiger partial charge in [0.25, 0.3) is 0 Å². The van der Waals surface area contributed by atoms with Gasteiger partial charge in [0.2, 0.25) is 0 Å². The molecule has 0 N–H and O–H groups in total. The van der Waals surface area contributed by atoms with E-state index in [2.05, 4.69) is 15.9 Å². The molecule has 1 heterocycles. The lowest BCUT2D eigenvalue weighted by Gasteiger charge is -2.15. The van der Waals surface area contributed by atoms with Crippen molar-refractivity contribution in [1.29, 1.82) is 0 Å². The summed E-state index contributed by atoms with van der Waals surface area (Å²) in [6, 6.07) is 7.28. The Morgan fingerprint density at radius 1 is 1.24 bits per heavy atom. The van der Waals surface area contributed by atoms with Crippen LogP contribution in [0.5, 0.6) is 0 Å². The Morgan fingerprint density at radius 2 is 1.82 bits per heavy atom. The monoisotopic (exact) mass is 313 g/mol. The molecule has 4 heteroatoms. The fourth-order valence-electron chi connectivity index (χ4n) is 1.83. The summed E-state index contributed by atoms with van der Waals surface area (Å²) in [6.45, 7) is 1.89. The molecule has 0 saturated carbocycles. The summed E-state index contributed by atoms with van der Waals surface area (Å²) < 4.78 is 0.962. The lowest BCUT2D eigenvalue weighted by molar-refractivity contribution is 0.104. The maximum atomic E-state index is 11.9. The number of hydrogen-bond donors (Lipinski definition) is 0. The predicted molar refractivity (Wildman–Crippen MR) is 73.2 cm³/mol. The van der Waals surface area contributed by atoms with Crippen LogP contribution in [0.25, 0.3) is 0 Å². The van der Waals surface area contributed by atoms with E-state index in [4.69, 9.17) is 11.6 Å². The molecule has 90 valence electrons. The minimum absolute atomic E-state index is 0.0469. The van der Waals surface area contributed by atoms with Gasteiger partial charge in [-0.05, 0) is 37.1 Å². The minimum atomic E-state index is -0.0469. The van der Waals surface area contributed by atoms with E-state index in [1.54, 1.807) is 12.1 Å². The van der Waals surface area contributed by atoms with E-state index >= 15 is 0 Å². The number of hydrogen-bond acceptors (Lipinski definition) is 2. The minimum Gasteiger partial charge on any atom is -0.362 e. The third-order valence-electron chi connectivity index (χ3n) is 2.79. The van der Waals surface area contributed by atoms with Crippen molar-refractivity contribution in [2.24, 2.45) is 0 Å². The van der Waals surface area contributed by atoms with E-state index < -0.39 is 0 Å². The van der Waals surface area contributed by atoms with E-state index in [-0.39, 0.29) is 5.78 Å². The van der Waals surface area contributed by atoms with E-state index in [0.29, 0.717) is 10.7 Å². The van der Waals surface area contributed by atoms with E-state index in [1.165, 1.54) is 6.08 Å². The fraction of sp³-hybridized carbons (Fsp3) is 0.308. The van der Waals surface area contributed by atoms with Gasteiger partial charge >= 0.3 is 0 Å². The number of nitrogens with zero attached hydrogens (tertiary/aromatic N) is 1. The zero-order chi connectivity index (χ0) is 12.3. The third-order valence-corrected chi connectivity index (χ3v) is 3.66. The molecule has 0 unspecified atom stereocenters. The van der Waals surface area contributed by atoms with E-state index in [1.807, 2.05) is 17.0 Å². The molecule has 1 aromatic carbocycles. The van der Waals surface area contributed by atoms with Crippen LogP contribution in [0.4, 0.5) is 0 Å². The number of halogens is 2. The summed E-state index contributed by atoms with van der Waals surface area (Å²) in [4.78, 5) is 14.0. The van der Waals surface area contributed by atoms with Crippen LogP contribution in [0.1, 0.15) is 23.2 Å². The predicted octanol–water partition coefficient (Wildman–Crippen LogP) is 3.81. The molecule has 0 radical (unpaired) electrons. The van der Waals surface area contributed by atoms with Crippen molar-refractivity contribution in [2.45, 2.75) is 12.8 Å². The number of likely N-dealkylation sites (tertiary alicyclic amines) is 1. The highest BCUT2D eigenvalue weighted by Gasteiger charge is 2.14. The van der Waals surface area contributed by atoms with Crippen molar-refractivity contribution >= 4 is 33.3 Å². The molecule has 2 rings (SSSR count). The molecule has 2 nitrogen and oxygen atoms in total. The van der Waals surface area contributed by atoms with Gasteiger partial charge in [-0.25, -0.2) is 0 Å². The van der Waals surface area contributed by atoms with E-state index in [0.717, 1.165) is 30.4 Å². The highest BCUT2D eigenvalue weighted by atomic mass is 79.9. The van der Waals surface area contributed by atoms with Gasteiger partial charge in [-0.2, -0.15) is 0 Å². The van der Waals surface area contributed by atoms with Gasteiger partial charge in [-0.1, -0.05) is 27.5 Å². The average Bonchev–Trinajstić information content (AvgIpc) is 2.83. The quantitative estimate of drug-likeness (QED) is 0.480. The maximum absolute atomic E-state index is 11.9. The van der Waals surface area contributed by atoms with Crippen molar-refractivity contribution in [3.63, 3.8) is 0 Å². The first-order valence-corrected chi connectivity index (χ1v) is 6.76. The SMILES string of the molecule is O=C(/C=C(\Cl)N1CCCC1)c1ccc(Br)cc1. The van der Waals surface area contributed by atoms with Gasteiger partial charge in [-0.15, -0.1) is 0 Å². The third kappa shape index (κ3) is 3.33. The smallest absolute Gasteiger partial charge is 0.188 e. The van der Waals surface area contributed by atoms with Crippen LogP contribution in [-0.2, 0) is 0 Å². The molecule has 0 amide bonds. The lowest BCUT2D eigenvalue weighted by Crippen LogP contribution is -2.16. The number of carbonyl (C=O) groups excluding carboxylic acids is 1. The molecule has 17 heavy (non-hydrogen) atoms. The van der Waals surface area contributed by atoms with Gasteiger partial charge in [0.15, 0.2) is 5.78 Å². The van der Waals surface area contributed by atoms with Crippen molar-refractivity contribution in [3.8, 4) is 0 Å². The normalized spacial score (nSPS) is 16.4. The Balaban J connectivity index is 2.09. The Bertz CT molecular complexity index is 435. The second kappa shape index (κ2) is 5.69. The molecule has 1 saturated heterocycles. The first-order valence-electron chi connectivity index (χ1n) is 5.59. The zero-order valence-electron chi connectivity index (χ0n) is 9.33. The summed E-state index contributed by atoms with van der Waals surface area (Å²) >= 11 is 9.46. The molecule has 0 aliphatic carbocycles. The Kier molecular flexibility index (Phi) is 4.24. The Hall–Kier alpha value is -0.800. The van der Waals surface area contributed by atoms with Gasteiger partial charge in [0.1, 0.15) is 5.16 Å². The van der Waals surface area contributed by atoms with Gasteiger partial charge in [0.05, 0.1) is 0 Å². The topological polar surface area (TPSA) is 20.3 Å². The van der Waals surface area contributed by atoms with Crippen LogP contribution in [0.2, 0.25) is 0 Å². The Labute approximate surface area is 114 Å². The standard InChI is InChI=1S/C13H13BrClNO/c14-11-5-3-10(4-6-11)12(17)9-13(15)16-7-1-2-8-16/h3-6,9H,1-2,7-8H2/b13-9+. The highest BCUT2D eigenvalue weighted by Crippen LogP contribution is 2.19. The van der Waals surface area contributed by atoms with Crippen molar-refractivity contribution in [1.82, 2.24) is 4.90 Å². The average molecular weight is 315 g/mol. The van der Waals surface area contributed by atoms with E-state index in [9.17, 15) is 4.79 Å².